The molecule has 1 N–H and O–H groups in total. The molecule has 0 aromatic carbocycles. The maximum absolute atomic E-state index is 10.8. The Kier molecular flexibility index (Phi) is 4.91. The highest BCUT2D eigenvalue weighted by molar-refractivity contribution is 8.00. The van der Waals surface area contributed by atoms with Gasteiger partial charge in [0, 0.05) is 4.88 Å². The van der Waals surface area contributed by atoms with E-state index in [0.29, 0.717) is 20.1 Å². The van der Waals surface area contributed by atoms with E-state index in [4.69, 9.17) is 14.6 Å². The summed E-state index contributed by atoms with van der Waals surface area (Å²) in [4.78, 5) is 27.8. The van der Waals surface area contributed by atoms with Crippen LogP contribution in [-0.2, 0) is 11.2 Å². The van der Waals surface area contributed by atoms with E-state index in [1.807, 2.05) is 0 Å². The van der Waals surface area contributed by atoms with Crippen molar-refractivity contribution in [3.8, 4) is 12.0 Å². The Hall–Kier alpha value is -1.94. The van der Waals surface area contributed by atoms with Crippen LogP contribution < -0.4 is 9.47 Å². The van der Waals surface area contributed by atoms with Gasteiger partial charge in [-0.1, -0.05) is 0 Å². The summed E-state index contributed by atoms with van der Waals surface area (Å²) in [6.07, 6.45) is -0.0477. The van der Waals surface area contributed by atoms with Crippen molar-refractivity contribution in [2.75, 3.05) is 14.2 Å². The van der Waals surface area contributed by atoms with E-state index in [9.17, 15) is 4.79 Å². The molecule has 2 heterocycles. The van der Waals surface area contributed by atoms with Crippen molar-refractivity contribution in [3.05, 3.63) is 10.6 Å². The molecular formula is C11H12N4O4S2. The first kappa shape index (κ1) is 15.4. The van der Waals surface area contributed by atoms with Crippen molar-refractivity contribution in [2.45, 2.75) is 22.8 Å². The van der Waals surface area contributed by atoms with Crippen molar-refractivity contribution in [1.82, 2.24) is 19.9 Å². The fraction of sp³-hybridized carbons (Fsp3) is 0.364. The van der Waals surface area contributed by atoms with Crippen LogP contribution in [0.3, 0.4) is 0 Å². The second kappa shape index (κ2) is 6.68. The Labute approximate surface area is 128 Å². The maximum Gasteiger partial charge on any atom is 0.323 e. The van der Waals surface area contributed by atoms with Gasteiger partial charge < -0.3 is 14.6 Å². The number of thiazole rings is 1. The lowest BCUT2D eigenvalue weighted by atomic mass is 10.3. The van der Waals surface area contributed by atoms with Crippen LogP contribution in [0, 0.1) is 6.92 Å². The Morgan fingerprint density at radius 3 is 2.33 bits per heavy atom. The highest BCUT2D eigenvalue weighted by Crippen LogP contribution is 2.32. The van der Waals surface area contributed by atoms with Crippen molar-refractivity contribution in [2.24, 2.45) is 0 Å². The standard InChI is InChI=1S/C11H12N4O4S2/c1-5-6(4-7(16)17)20-11(12-5)21-10-14-8(18-2)13-9(15-10)19-3/h4H2,1-3H3,(H,16,17). The van der Waals surface area contributed by atoms with Gasteiger partial charge in [-0.05, 0) is 18.7 Å². The molecule has 112 valence electrons. The number of hydrogen-bond acceptors (Lipinski definition) is 9. The molecule has 0 spiro atoms. The highest BCUT2D eigenvalue weighted by atomic mass is 32.2. The molecular weight excluding hydrogens is 316 g/mol. The van der Waals surface area contributed by atoms with E-state index >= 15 is 0 Å². The molecule has 0 saturated carbocycles. The number of aryl methyl sites for hydroxylation is 1. The largest absolute Gasteiger partial charge is 0.481 e. The van der Waals surface area contributed by atoms with E-state index in [1.54, 1.807) is 6.92 Å². The molecule has 8 nitrogen and oxygen atoms in total. The Balaban J connectivity index is 2.23. The molecule has 2 aromatic rings. The summed E-state index contributed by atoms with van der Waals surface area (Å²) in [5.74, 6) is -0.887. The van der Waals surface area contributed by atoms with Crippen LogP contribution >= 0.6 is 23.1 Å². The summed E-state index contributed by atoms with van der Waals surface area (Å²) in [7, 11) is 2.89. The van der Waals surface area contributed by atoms with E-state index in [-0.39, 0.29) is 18.4 Å². The molecule has 0 aliphatic heterocycles. The van der Waals surface area contributed by atoms with Gasteiger partial charge in [0.15, 0.2) is 4.34 Å². The smallest absolute Gasteiger partial charge is 0.323 e. The predicted octanol–water partition coefficient (Wildman–Crippen LogP) is 1.43. The Morgan fingerprint density at radius 2 is 1.81 bits per heavy atom. The Morgan fingerprint density at radius 1 is 1.19 bits per heavy atom. The van der Waals surface area contributed by atoms with Crippen LogP contribution in [0.4, 0.5) is 0 Å². The fourth-order valence-electron chi connectivity index (χ4n) is 1.37. The minimum atomic E-state index is -0.887. The maximum atomic E-state index is 10.8. The monoisotopic (exact) mass is 328 g/mol. The first-order valence-corrected chi connectivity index (χ1v) is 7.35. The first-order valence-electron chi connectivity index (χ1n) is 5.71. The van der Waals surface area contributed by atoms with E-state index in [0.717, 1.165) is 0 Å². The van der Waals surface area contributed by atoms with Gasteiger partial charge in [0.2, 0.25) is 5.16 Å². The number of hydrogen-bond donors (Lipinski definition) is 1. The highest BCUT2D eigenvalue weighted by Gasteiger charge is 2.15. The van der Waals surface area contributed by atoms with Crippen LogP contribution in [0.1, 0.15) is 10.6 Å². The number of nitrogens with zero attached hydrogens (tertiary/aromatic N) is 4. The molecule has 0 aliphatic carbocycles. The summed E-state index contributed by atoms with van der Waals surface area (Å²) in [5, 5.41) is 9.20. The molecule has 0 radical (unpaired) electrons. The van der Waals surface area contributed by atoms with Crippen LogP contribution in [0.15, 0.2) is 9.50 Å². The molecule has 10 heteroatoms. The second-order valence-electron chi connectivity index (χ2n) is 3.75. The molecule has 0 aliphatic rings. The van der Waals surface area contributed by atoms with Crippen LogP contribution in [0.25, 0.3) is 0 Å². The molecule has 0 amide bonds. The predicted molar refractivity (Wildman–Crippen MR) is 75.2 cm³/mol. The first-order chi connectivity index (χ1) is 10.0. The number of aromatic nitrogens is 4. The van der Waals surface area contributed by atoms with Crippen molar-refractivity contribution < 1.29 is 19.4 Å². The third-order valence-corrected chi connectivity index (χ3v) is 4.39. The number of carboxylic acid groups (broad SMARTS) is 1. The lowest BCUT2D eigenvalue weighted by Gasteiger charge is -2.02. The van der Waals surface area contributed by atoms with E-state index in [1.165, 1.54) is 37.3 Å². The summed E-state index contributed by atoms with van der Waals surface area (Å²) in [5.41, 5.74) is 0.692. The summed E-state index contributed by atoms with van der Waals surface area (Å²) in [6.45, 7) is 1.77. The Bertz CT molecular complexity index is 639. The van der Waals surface area contributed by atoms with Gasteiger partial charge in [0.05, 0.1) is 26.3 Å². The topological polar surface area (TPSA) is 107 Å². The van der Waals surface area contributed by atoms with Gasteiger partial charge in [0.1, 0.15) is 0 Å². The number of rotatable bonds is 6. The lowest BCUT2D eigenvalue weighted by molar-refractivity contribution is -0.136. The van der Waals surface area contributed by atoms with Gasteiger partial charge in [0.25, 0.3) is 0 Å². The van der Waals surface area contributed by atoms with Crippen LogP contribution in [0.2, 0.25) is 0 Å². The number of aliphatic carboxylic acids is 1. The van der Waals surface area contributed by atoms with Gasteiger partial charge in [-0.25, -0.2) is 4.98 Å². The van der Waals surface area contributed by atoms with Gasteiger partial charge in [-0.15, -0.1) is 16.3 Å². The SMILES string of the molecule is COc1nc(OC)nc(Sc2nc(C)c(CC(=O)O)s2)n1. The van der Waals surface area contributed by atoms with Gasteiger partial charge in [-0.2, -0.15) is 9.97 Å². The molecule has 0 unspecified atom stereocenters. The van der Waals surface area contributed by atoms with Crippen molar-refractivity contribution >= 4 is 29.1 Å². The normalized spacial score (nSPS) is 10.4. The van der Waals surface area contributed by atoms with Gasteiger partial charge in [-0.3, -0.25) is 4.79 Å². The third-order valence-electron chi connectivity index (χ3n) is 2.30. The number of carboxylic acids is 1. The van der Waals surface area contributed by atoms with Crippen LogP contribution in [-0.4, -0.2) is 45.2 Å². The molecule has 0 bridgehead atoms. The molecule has 0 fully saturated rings. The minimum absolute atomic E-state index is 0.0477. The molecule has 2 aromatic heterocycles. The van der Waals surface area contributed by atoms with Gasteiger partial charge >= 0.3 is 18.0 Å². The summed E-state index contributed by atoms with van der Waals surface area (Å²) < 4.78 is 10.6. The fourth-order valence-corrected chi connectivity index (χ4v) is 3.43. The zero-order chi connectivity index (χ0) is 15.4. The quantitative estimate of drug-likeness (QED) is 0.842. The lowest BCUT2D eigenvalue weighted by Crippen LogP contribution is -2.00. The number of ether oxygens (including phenoxy) is 2. The van der Waals surface area contributed by atoms with Crippen LogP contribution in [0.5, 0.6) is 12.0 Å². The summed E-state index contributed by atoms with van der Waals surface area (Å²) in [6, 6.07) is 0.284. The van der Waals surface area contributed by atoms with Crippen molar-refractivity contribution in [3.63, 3.8) is 0 Å². The molecule has 0 saturated heterocycles. The third kappa shape index (κ3) is 4.02. The second-order valence-corrected chi connectivity index (χ2v) is 6.05. The number of methoxy groups -OCH3 is 2. The molecule has 0 atom stereocenters. The zero-order valence-electron chi connectivity index (χ0n) is 11.5. The average molecular weight is 328 g/mol. The minimum Gasteiger partial charge on any atom is -0.481 e. The zero-order valence-corrected chi connectivity index (χ0v) is 13.1. The molecule has 21 heavy (non-hydrogen) atoms. The number of carbonyl (C=O) groups is 1. The average Bonchev–Trinajstić information content (AvgIpc) is 2.77. The summed E-state index contributed by atoms with van der Waals surface area (Å²) >= 11 is 2.50. The molecule has 2 rings (SSSR count). The van der Waals surface area contributed by atoms with Crippen molar-refractivity contribution in [1.29, 1.82) is 0 Å². The van der Waals surface area contributed by atoms with E-state index < -0.39 is 5.97 Å². The van der Waals surface area contributed by atoms with E-state index in [2.05, 4.69) is 19.9 Å².